The number of nitrogens with one attached hydrogen (secondary N) is 1. The zero-order valence-corrected chi connectivity index (χ0v) is 20.9. The molecule has 1 aromatic heterocycles. The molecule has 0 bridgehead atoms. The molecule has 37 heavy (non-hydrogen) atoms. The quantitative estimate of drug-likeness (QED) is 0.394. The van der Waals surface area contributed by atoms with Crippen LogP contribution in [0.3, 0.4) is 0 Å². The van der Waals surface area contributed by atoms with E-state index < -0.39 is 0 Å². The Morgan fingerprint density at radius 1 is 0.838 bits per heavy atom. The molecule has 6 rings (SSSR count). The molecule has 3 heterocycles. The number of pyridine rings is 1. The molecule has 2 amide bonds. The minimum Gasteiger partial charge on any atom is -0.306 e. The Morgan fingerprint density at radius 3 is 2.27 bits per heavy atom. The average Bonchev–Trinajstić information content (AvgIpc) is 3.40. The van der Waals surface area contributed by atoms with Gasteiger partial charge in [0.1, 0.15) is 13.1 Å². The van der Waals surface area contributed by atoms with E-state index >= 15 is 0 Å². The van der Waals surface area contributed by atoms with Gasteiger partial charge in [0.05, 0.1) is 16.9 Å². The van der Waals surface area contributed by atoms with E-state index in [-0.39, 0.29) is 18.4 Å². The Morgan fingerprint density at radius 2 is 1.51 bits per heavy atom. The Kier molecular flexibility index (Phi) is 6.18. The van der Waals surface area contributed by atoms with Crippen molar-refractivity contribution < 1.29 is 14.2 Å². The van der Waals surface area contributed by atoms with E-state index in [1.807, 2.05) is 71.6 Å². The highest BCUT2D eigenvalue weighted by Crippen LogP contribution is 2.40. The van der Waals surface area contributed by atoms with E-state index in [0.29, 0.717) is 16.7 Å². The van der Waals surface area contributed by atoms with Crippen molar-refractivity contribution >= 4 is 28.4 Å². The maximum absolute atomic E-state index is 14.0. The first-order chi connectivity index (χ1) is 18.1. The van der Waals surface area contributed by atoms with Crippen LogP contribution < -0.4 is 10.3 Å². The van der Waals surface area contributed by atoms with Gasteiger partial charge >= 0.3 is 0 Å². The summed E-state index contributed by atoms with van der Waals surface area (Å²) in [6, 6.07) is 27.6. The van der Waals surface area contributed by atoms with Crippen LogP contribution in [0.1, 0.15) is 35.2 Å². The lowest BCUT2D eigenvalue weighted by molar-refractivity contribution is -0.957. The molecule has 2 aliphatic rings. The first-order valence-corrected chi connectivity index (χ1v) is 13.1. The zero-order chi connectivity index (χ0) is 25.2. The predicted molar refractivity (Wildman–Crippen MR) is 146 cm³/mol. The number of rotatable bonds is 5. The number of hydrogen-bond acceptors (Lipinski definition) is 3. The first-order valence-electron chi connectivity index (χ1n) is 13.1. The molecule has 6 heteroatoms. The van der Waals surface area contributed by atoms with E-state index in [9.17, 15) is 9.59 Å². The topological polar surface area (TPSA) is 62.3 Å². The second-order valence-corrected chi connectivity index (χ2v) is 10.1. The molecule has 0 saturated carbocycles. The molecule has 0 unspecified atom stereocenters. The maximum Gasteiger partial charge on any atom is 0.295 e. The van der Waals surface area contributed by atoms with Crippen molar-refractivity contribution in [3.05, 3.63) is 96.1 Å². The van der Waals surface area contributed by atoms with Gasteiger partial charge in [-0.1, -0.05) is 66.7 Å². The van der Waals surface area contributed by atoms with Gasteiger partial charge < -0.3 is 4.90 Å². The third-order valence-electron chi connectivity index (χ3n) is 7.65. The number of hydrogen-bond donors (Lipinski definition) is 1. The summed E-state index contributed by atoms with van der Waals surface area (Å²) in [4.78, 5) is 34.1. The van der Waals surface area contributed by atoms with Gasteiger partial charge in [-0.05, 0) is 43.9 Å². The molecule has 3 aromatic carbocycles. The summed E-state index contributed by atoms with van der Waals surface area (Å²) in [6.07, 6.45) is 3.87. The summed E-state index contributed by atoms with van der Waals surface area (Å²) >= 11 is 0. The third kappa shape index (κ3) is 4.49. The van der Waals surface area contributed by atoms with Gasteiger partial charge in [-0.2, -0.15) is 5.43 Å². The van der Waals surface area contributed by atoms with Crippen molar-refractivity contribution in [1.29, 1.82) is 0 Å². The Labute approximate surface area is 217 Å². The average molecular weight is 492 g/mol. The molecule has 0 spiro atoms. The smallest absolute Gasteiger partial charge is 0.295 e. The van der Waals surface area contributed by atoms with E-state index in [4.69, 9.17) is 4.98 Å². The lowest BCUT2D eigenvalue weighted by Crippen LogP contribution is -2.65. The summed E-state index contributed by atoms with van der Waals surface area (Å²) in [7, 11) is 0. The van der Waals surface area contributed by atoms with E-state index in [2.05, 4.69) is 23.6 Å². The number of quaternary nitrogens is 1. The monoisotopic (exact) mass is 491 g/mol. The highest BCUT2D eigenvalue weighted by atomic mass is 16.2. The van der Waals surface area contributed by atoms with Gasteiger partial charge in [0.2, 0.25) is 0 Å². The lowest BCUT2D eigenvalue weighted by atomic mass is 10.0. The van der Waals surface area contributed by atoms with Crippen molar-refractivity contribution in [2.75, 3.05) is 31.1 Å². The van der Waals surface area contributed by atoms with Gasteiger partial charge in [0.25, 0.3) is 11.8 Å². The van der Waals surface area contributed by atoms with Gasteiger partial charge in [-0.25, -0.2) is 9.58 Å². The fourth-order valence-corrected chi connectivity index (χ4v) is 5.84. The number of para-hydroxylation sites is 1. The van der Waals surface area contributed by atoms with Crippen LogP contribution in [0, 0.1) is 0 Å². The number of aromatic nitrogens is 1. The minimum absolute atomic E-state index is 0.0457. The van der Waals surface area contributed by atoms with Gasteiger partial charge in [0.15, 0.2) is 6.54 Å². The van der Waals surface area contributed by atoms with Crippen molar-refractivity contribution in [2.24, 2.45) is 0 Å². The molecule has 1 fully saturated rings. The third-order valence-corrected chi connectivity index (χ3v) is 7.65. The first kappa shape index (κ1) is 23.4. The standard InChI is InChI=1S/C31H30N4O2/c36-28(22-35(20-10-3-11-21-35)33-31(37)24-14-6-2-7-15-24)34-19-18-26-29(23-12-4-1-5-13-23)32-27-17-9-8-16-25(27)30(26)34/h1-2,4-9,12-17H,3,10-11,18-22H2/p+1. The molecular weight excluding hydrogens is 460 g/mol. The number of amides is 2. The van der Waals surface area contributed by atoms with Crippen molar-refractivity contribution in [3.63, 3.8) is 0 Å². The SMILES string of the molecule is O=C(N[N+]1(CC(=O)N2CCc3c(-c4ccccc4)nc4ccccc4c32)CCCCC1)c1ccccc1. The second-order valence-electron chi connectivity index (χ2n) is 10.1. The van der Waals surface area contributed by atoms with Crippen LogP contribution in [0.25, 0.3) is 22.2 Å². The van der Waals surface area contributed by atoms with Gasteiger partial charge in [-0.3, -0.25) is 9.59 Å². The number of anilines is 1. The molecule has 0 radical (unpaired) electrons. The number of carbonyl (C=O) groups is 2. The predicted octanol–water partition coefficient (Wildman–Crippen LogP) is 5.14. The molecule has 4 aromatic rings. The normalized spacial score (nSPS) is 16.4. The van der Waals surface area contributed by atoms with E-state index in [0.717, 1.165) is 72.2 Å². The van der Waals surface area contributed by atoms with Crippen LogP contribution in [-0.4, -0.2) is 47.6 Å². The van der Waals surface area contributed by atoms with Crippen LogP contribution in [0.5, 0.6) is 0 Å². The molecule has 1 N–H and O–H groups in total. The van der Waals surface area contributed by atoms with Gasteiger partial charge in [0, 0.05) is 28.6 Å². The summed E-state index contributed by atoms with van der Waals surface area (Å²) in [5, 5.41) is 1.00. The number of carbonyl (C=O) groups excluding carboxylic acids is 2. The zero-order valence-electron chi connectivity index (χ0n) is 20.9. The molecule has 2 aliphatic heterocycles. The fourth-order valence-electron chi connectivity index (χ4n) is 5.84. The summed E-state index contributed by atoms with van der Waals surface area (Å²) in [5.74, 6) is -0.0810. The number of likely N-dealkylation sites (tertiary alicyclic amines) is 1. The summed E-state index contributed by atoms with van der Waals surface area (Å²) < 4.78 is 0.299. The maximum atomic E-state index is 14.0. The fraction of sp³-hybridized carbons (Fsp3) is 0.258. The number of benzene rings is 3. The second kappa shape index (κ2) is 9.79. The van der Waals surface area contributed by atoms with Crippen LogP contribution in [0.4, 0.5) is 5.69 Å². The number of nitrogens with zero attached hydrogens (tertiary/aromatic N) is 3. The van der Waals surface area contributed by atoms with Crippen molar-refractivity contribution in [1.82, 2.24) is 10.4 Å². The summed E-state index contributed by atoms with van der Waals surface area (Å²) in [6.45, 7) is 2.39. The van der Waals surface area contributed by atoms with Crippen LogP contribution in [-0.2, 0) is 11.2 Å². The number of fused-ring (bicyclic) bond motifs is 3. The minimum atomic E-state index is -0.127. The molecule has 0 aliphatic carbocycles. The highest BCUT2D eigenvalue weighted by Gasteiger charge is 2.39. The van der Waals surface area contributed by atoms with Crippen LogP contribution >= 0.6 is 0 Å². The Hall–Kier alpha value is -4.03. The van der Waals surface area contributed by atoms with Gasteiger partial charge in [-0.15, -0.1) is 0 Å². The number of piperidine rings is 1. The van der Waals surface area contributed by atoms with Crippen molar-refractivity contribution in [2.45, 2.75) is 25.7 Å². The molecule has 0 atom stereocenters. The summed E-state index contributed by atoms with van der Waals surface area (Å²) in [5.41, 5.74) is 8.85. The lowest BCUT2D eigenvalue weighted by Gasteiger charge is -2.40. The Balaban J connectivity index is 1.35. The van der Waals surface area contributed by atoms with E-state index in [1.54, 1.807) is 0 Å². The largest absolute Gasteiger partial charge is 0.306 e. The highest BCUT2D eigenvalue weighted by molar-refractivity contribution is 6.07. The van der Waals surface area contributed by atoms with Crippen LogP contribution in [0.15, 0.2) is 84.9 Å². The Bertz CT molecular complexity index is 1450. The molecule has 1 saturated heterocycles. The molecule has 6 nitrogen and oxygen atoms in total. The van der Waals surface area contributed by atoms with Crippen LogP contribution in [0.2, 0.25) is 0 Å². The molecular formula is C31H31N4O2+. The van der Waals surface area contributed by atoms with E-state index in [1.165, 1.54) is 0 Å². The van der Waals surface area contributed by atoms with Crippen molar-refractivity contribution in [3.8, 4) is 11.3 Å². The molecule has 186 valence electrons.